The maximum absolute atomic E-state index is 12.4. The zero-order valence-corrected chi connectivity index (χ0v) is 16.0. The number of methoxy groups -OCH3 is 1. The summed E-state index contributed by atoms with van der Waals surface area (Å²) in [7, 11) is -1.41. The van der Waals surface area contributed by atoms with Crippen molar-refractivity contribution in [3.05, 3.63) is 41.2 Å². The number of aromatic nitrogens is 2. The lowest BCUT2D eigenvalue weighted by Crippen LogP contribution is -2.16. The number of anilines is 1. The molecule has 0 saturated carbocycles. The van der Waals surface area contributed by atoms with E-state index in [4.69, 9.17) is 4.74 Å². The number of amides is 1. The van der Waals surface area contributed by atoms with Gasteiger partial charge >= 0.3 is 0 Å². The Bertz CT molecular complexity index is 934. The van der Waals surface area contributed by atoms with Gasteiger partial charge in [0.15, 0.2) is 9.84 Å². The fraction of sp³-hybridized carbons (Fsp3) is 0.444. The maximum Gasteiger partial charge on any atom is 0.228 e. The second kappa shape index (κ2) is 7.11. The van der Waals surface area contributed by atoms with E-state index in [0.717, 1.165) is 17.0 Å². The summed E-state index contributed by atoms with van der Waals surface area (Å²) >= 11 is 0. The molecule has 1 amide bonds. The fourth-order valence-corrected chi connectivity index (χ4v) is 5.04. The highest BCUT2D eigenvalue weighted by atomic mass is 32.2. The van der Waals surface area contributed by atoms with Crippen molar-refractivity contribution in [3.63, 3.8) is 0 Å². The third kappa shape index (κ3) is 3.90. The van der Waals surface area contributed by atoms with E-state index in [1.165, 1.54) is 0 Å². The highest BCUT2D eigenvalue weighted by Gasteiger charge is 2.31. The number of carbonyl (C=O) groups excluding carboxylic acids is 1. The van der Waals surface area contributed by atoms with E-state index in [2.05, 4.69) is 10.4 Å². The molecule has 1 aliphatic heterocycles. The van der Waals surface area contributed by atoms with E-state index in [1.807, 2.05) is 26.0 Å². The molecular weight excluding hydrogens is 354 g/mol. The van der Waals surface area contributed by atoms with Crippen LogP contribution in [0, 0.1) is 13.8 Å². The average molecular weight is 377 g/mol. The van der Waals surface area contributed by atoms with E-state index in [0.29, 0.717) is 17.9 Å². The predicted molar refractivity (Wildman–Crippen MR) is 99.3 cm³/mol. The Kier molecular flexibility index (Phi) is 5.04. The first-order chi connectivity index (χ1) is 12.3. The Balaban J connectivity index is 1.74. The summed E-state index contributed by atoms with van der Waals surface area (Å²) in [6, 6.07) is 7.03. The monoisotopic (exact) mass is 377 g/mol. The first-order valence-corrected chi connectivity index (χ1v) is 10.3. The van der Waals surface area contributed by atoms with Gasteiger partial charge in [0.25, 0.3) is 0 Å². The van der Waals surface area contributed by atoms with Crippen LogP contribution in [0.4, 0.5) is 5.69 Å². The molecule has 8 heteroatoms. The van der Waals surface area contributed by atoms with Gasteiger partial charge in [-0.2, -0.15) is 5.10 Å². The highest BCUT2D eigenvalue weighted by Crippen LogP contribution is 2.27. The first-order valence-electron chi connectivity index (χ1n) is 8.48. The third-order valence-corrected chi connectivity index (χ3v) is 6.47. The first kappa shape index (κ1) is 18.4. The van der Waals surface area contributed by atoms with Crippen molar-refractivity contribution in [1.82, 2.24) is 9.78 Å². The molecule has 1 atom stereocenters. The molecule has 7 nitrogen and oxygen atoms in total. The van der Waals surface area contributed by atoms with Gasteiger partial charge < -0.3 is 10.1 Å². The van der Waals surface area contributed by atoms with Crippen molar-refractivity contribution in [1.29, 1.82) is 0 Å². The lowest BCUT2D eigenvalue weighted by Gasteiger charge is -2.11. The molecule has 1 unspecified atom stereocenters. The van der Waals surface area contributed by atoms with Crippen LogP contribution in [-0.4, -0.2) is 42.7 Å². The summed E-state index contributed by atoms with van der Waals surface area (Å²) in [6.07, 6.45) is 0.758. The van der Waals surface area contributed by atoms with Gasteiger partial charge in [-0.05, 0) is 32.4 Å². The Morgan fingerprint density at radius 2 is 2.15 bits per heavy atom. The number of hydrogen-bond donors (Lipinski definition) is 1. The Labute approximate surface area is 153 Å². The SMILES string of the molecule is COc1cccc(NC(=O)Cc2c(C)nn(C3CCS(=O)(=O)C3)c2C)c1. The number of aryl methyl sites for hydroxylation is 1. The lowest BCUT2D eigenvalue weighted by molar-refractivity contribution is -0.115. The summed E-state index contributed by atoms with van der Waals surface area (Å²) in [4.78, 5) is 12.4. The summed E-state index contributed by atoms with van der Waals surface area (Å²) in [5.41, 5.74) is 3.12. The van der Waals surface area contributed by atoms with Crippen LogP contribution in [0.3, 0.4) is 0 Å². The van der Waals surface area contributed by atoms with Crippen LogP contribution in [0.5, 0.6) is 5.75 Å². The summed E-state index contributed by atoms with van der Waals surface area (Å²) in [5, 5.41) is 7.36. The molecule has 0 bridgehead atoms. The molecule has 1 N–H and O–H groups in total. The van der Waals surface area contributed by atoms with E-state index in [-0.39, 0.29) is 29.9 Å². The van der Waals surface area contributed by atoms with Gasteiger partial charge in [0.2, 0.25) is 5.91 Å². The zero-order valence-electron chi connectivity index (χ0n) is 15.2. The third-order valence-electron chi connectivity index (χ3n) is 4.72. The van der Waals surface area contributed by atoms with E-state index >= 15 is 0 Å². The van der Waals surface area contributed by atoms with Crippen LogP contribution in [0.2, 0.25) is 0 Å². The summed E-state index contributed by atoms with van der Waals surface area (Å²) in [5.74, 6) is 0.833. The maximum atomic E-state index is 12.4. The second-order valence-electron chi connectivity index (χ2n) is 6.61. The largest absolute Gasteiger partial charge is 0.497 e. The molecule has 1 aliphatic rings. The number of hydrogen-bond acceptors (Lipinski definition) is 5. The molecule has 1 aromatic carbocycles. The minimum absolute atomic E-state index is 0.115. The molecule has 0 aliphatic carbocycles. The van der Waals surface area contributed by atoms with Crippen molar-refractivity contribution in [2.45, 2.75) is 32.7 Å². The van der Waals surface area contributed by atoms with E-state index in [9.17, 15) is 13.2 Å². The summed E-state index contributed by atoms with van der Waals surface area (Å²) in [6.45, 7) is 3.74. The number of nitrogens with zero attached hydrogens (tertiary/aromatic N) is 2. The minimum Gasteiger partial charge on any atom is -0.497 e. The van der Waals surface area contributed by atoms with Crippen molar-refractivity contribution in [2.24, 2.45) is 0 Å². The molecule has 1 saturated heterocycles. The number of ether oxygens (including phenoxy) is 1. The zero-order chi connectivity index (χ0) is 18.9. The highest BCUT2D eigenvalue weighted by molar-refractivity contribution is 7.91. The number of rotatable bonds is 5. The molecule has 1 fully saturated rings. The lowest BCUT2D eigenvalue weighted by atomic mass is 10.1. The van der Waals surface area contributed by atoms with Crippen LogP contribution in [0.15, 0.2) is 24.3 Å². The van der Waals surface area contributed by atoms with Gasteiger partial charge in [-0.3, -0.25) is 9.48 Å². The summed E-state index contributed by atoms with van der Waals surface area (Å²) < 4.78 is 30.4. The van der Waals surface area contributed by atoms with Gasteiger partial charge in [0.1, 0.15) is 5.75 Å². The molecule has 0 spiro atoms. The molecule has 140 valence electrons. The van der Waals surface area contributed by atoms with E-state index < -0.39 is 9.84 Å². The molecular formula is C18H23N3O4S. The quantitative estimate of drug-likeness (QED) is 0.861. The number of benzene rings is 1. The molecule has 3 rings (SSSR count). The van der Waals surface area contributed by atoms with Crippen LogP contribution >= 0.6 is 0 Å². The average Bonchev–Trinajstić information content (AvgIpc) is 3.08. The van der Waals surface area contributed by atoms with Gasteiger partial charge in [-0.1, -0.05) is 6.07 Å². The fourth-order valence-electron chi connectivity index (χ4n) is 3.34. The standard InChI is InChI=1S/C18H23N3O4S/c1-12-17(10-18(22)19-14-5-4-6-16(9-14)25-3)13(2)21(20-12)15-7-8-26(23,24)11-15/h4-6,9,15H,7-8,10-11H2,1-3H3,(H,19,22). The van der Waals surface area contributed by atoms with Gasteiger partial charge in [-0.25, -0.2) is 8.42 Å². The molecule has 2 aromatic rings. The van der Waals surface area contributed by atoms with Crippen molar-refractivity contribution < 1.29 is 17.9 Å². The molecule has 2 heterocycles. The van der Waals surface area contributed by atoms with Crippen molar-refractivity contribution >= 4 is 21.4 Å². The number of carbonyl (C=O) groups is 1. The van der Waals surface area contributed by atoms with Crippen molar-refractivity contribution in [2.75, 3.05) is 23.9 Å². The predicted octanol–water partition coefficient (Wildman–Crippen LogP) is 2.05. The van der Waals surface area contributed by atoms with Gasteiger partial charge in [0.05, 0.1) is 36.8 Å². The Morgan fingerprint density at radius 1 is 1.38 bits per heavy atom. The number of nitrogens with one attached hydrogen (secondary N) is 1. The molecule has 26 heavy (non-hydrogen) atoms. The Morgan fingerprint density at radius 3 is 2.81 bits per heavy atom. The normalized spacial score (nSPS) is 18.7. The van der Waals surface area contributed by atoms with Gasteiger partial charge in [0, 0.05) is 23.0 Å². The second-order valence-corrected chi connectivity index (χ2v) is 8.84. The van der Waals surface area contributed by atoms with Crippen molar-refractivity contribution in [3.8, 4) is 5.75 Å². The van der Waals surface area contributed by atoms with Crippen LogP contribution in [0.25, 0.3) is 0 Å². The van der Waals surface area contributed by atoms with Crippen LogP contribution in [-0.2, 0) is 21.1 Å². The smallest absolute Gasteiger partial charge is 0.228 e. The molecule has 0 radical (unpaired) electrons. The molecule has 1 aromatic heterocycles. The number of sulfone groups is 1. The van der Waals surface area contributed by atoms with Crippen LogP contribution < -0.4 is 10.1 Å². The Hall–Kier alpha value is -2.35. The van der Waals surface area contributed by atoms with E-state index in [1.54, 1.807) is 23.9 Å². The van der Waals surface area contributed by atoms with Crippen LogP contribution in [0.1, 0.15) is 29.4 Å². The topological polar surface area (TPSA) is 90.3 Å². The van der Waals surface area contributed by atoms with Gasteiger partial charge in [-0.15, -0.1) is 0 Å². The minimum atomic E-state index is -2.99.